The van der Waals surface area contributed by atoms with E-state index in [1.807, 2.05) is 13.1 Å². The van der Waals surface area contributed by atoms with Crippen molar-refractivity contribution in [1.82, 2.24) is 4.90 Å². The van der Waals surface area contributed by atoms with Crippen LogP contribution < -0.4 is 4.74 Å². The van der Waals surface area contributed by atoms with Crippen LogP contribution >= 0.6 is 0 Å². The molecule has 0 amide bonds. The summed E-state index contributed by atoms with van der Waals surface area (Å²) < 4.78 is 10.4. The average molecular weight is 223 g/mol. The Hall–Kier alpha value is -1.06. The van der Waals surface area contributed by atoms with Gasteiger partial charge in [-0.25, -0.2) is 0 Å². The number of benzene rings is 1. The SMILES string of the molecule is COCN(C)CCc1cc(C)ccc1OC. The molecule has 0 N–H and O–H groups in total. The lowest BCUT2D eigenvalue weighted by Crippen LogP contribution is -2.23. The smallest absolute Gasteiger partial charge is 0.122 e. The minimum Gasteiger partial charge on any atom is -0.496 e. The number of hydrogen-bond acceptors (Lipinski definition) is 3. The van der Waals surface area contributed by atoms with E-state index in [9.17, 15) is 0 Å². The first kappa shape index (κ1) is 13.0. The number of ether oxygens (including phenoxy) is 2. The molecule has 0 unspecified atom stereocenters. The van der Waals surface area contributed by atoms with Gasteiger partial charge in [-0.2, -0.15) is 0 Å². The zero-order valence-electron chi connectivity index (χ0n) is 10.6. The number of hydrogen-bond donors (Lipinski definition) is 0. The Kier molecular flexibility index (Phi) is 5.29. The summed E-state index contributed by atoms with van der Waals surface area (Å²) in [6.07, 6.45) is 0.977. The molecule has 0 radical (unpaired) electrons. The fourth-order valence-electron chi connectivity index (χ4n) is 1.70. The highest BCUT2D eigenvalue weighted by molar-refractivity contribution is 5.37. The summed E-state index contributed by atoms with van der Waals surface area (Å²) in [6, 6.07) is 6.28. The molecule has 0 aromatic heterocycles. The minimum absolute atomic E-state index is 0.661. The molecule has 0 heterocycles. The average Bonchev–Trinajstić information content (AvgIpc) is 2.27. The molecule has 3 heteroatoms. The lowest BCUT2D eigenvalue weighted by Gasteiger charge is -2.16. The van der Waals surface area contributed by atoms with E-state index in [2.05, 4.69) is 24.0 Å². The first-order valence-electron chi connectivity index (χ1n) is 5.48. The monoisotopic (exact) mass is 223 g/mol. The van der Waals surface area contributed by atoms with Gasteiger partial charge in [0.1, 0.15) is 5.75 Å². The highest BCUT2D eigenvalue weighted by atomic mass is 16.5. The van der Waals surface area contributed by atoms with Crippen LogP contribution in [0.15, 0.2) is 18.2 Å². The van der Waals surface area contributed by atoms with Crippen LogP contribution in [0.25, 0.3) is 0 Å². The summed E-state index contributed by atoms with van der Waals surface area (Å²) in [5.41, 5.74) is 2.52. The Balaban J connectivity index is 2.61. The molecule has 3 nitrogen and oxygen atoms in total. The maximum Gasteiger partial charge on any atom is 0.122 e. The summed E-state index contributed by atoms with van der Waals surface area (Å²) >= 11 is 0. The lowest BCUT2D eigenvalue weighted by molar-refractivity contribution is 0.0826. The normalized spacial score (nSPS) is 10.8. The Bertz CT molecular complexity index is 326. The highest BCUT2D eigenvalue weighted by Crippen LogP contribution is 2.20. The molecule has 0 aliphatic carbocycles. The minimum atomic E-state index is 0.661. The Morgan fingerprint density at radius 3 is 2.62 bits per heavy atom. The predicted octanol–water partition coefficient (Wildman–Crippen LogP) is 2.08. The Morgan fingerprint density at radius 1 is 1.25 bits per heavy atom. The van der Waals surface area contributed by atoms with Gasteiger partial charge in [0.2, 0.25) is 0 Å². The number of likely N-dealkylation sites (N-methyl/N-ethyl adjacent to an activating group) is 1. The van der Waals surface area contributed by atoms with Crippen molar-refractivity contribution < 1.29 is 9.47 Å². The van der Waals surface area contributed by atoms with E-state index in [-0.39, 0.29) is 0 Å². The van der Waals surface area contributed by atoms with Crippen LogP contribution in [0.4, 0.5) is 0 Å². The van der Waals surface area contributed by atoms with Crippen molar-refractivity contribution in [3.8, 4) is 5.75 Å². The van der Waals surface area contributed by atoms with Gasteiger partial charge in [-0.3, -0.25) is 4.90 Å². The third-order valence-corrected chi connectivity index (χ3v) is 2.55. The van der Waals surface area contributed by atoms with E-state index in [1.54, 1.807) is 14.2 Å². The number of rotatable bonds is 6. The van der Waals surface area contributed by atoms with Crippen LogP contribution in [0.5, 0.6) is 5.75 Å². The molecule has 90 valence electrons. The topological polar surface area (TPSA) is 21.7 Å². The summed E-state index contributed by atoms with van der Waals surface area (Å²) in [5, 5.41) is 0. The highest BCUT2D eigenvalue weighted by Gasteiger charge is 2.04. The van der Waals surface area contributed by atoms with Crippen LogP contribution in [0, 0.1) is 6.92 Å². The summed E-state index contributed by atoms with van der Waals surface area (Å²) in [4.78, 5) is 2.14. The molecule has 0 spiro atoms. The first-order chi connectivity index (χ1) is 7.67. The molecule has 0 saturated heterocycles. The van der Waals surface area contributed by atoms with E-state index in [1.165, 1.54) is 11.1 Å². The van der Waals surface area contributed by atoms with Crippen molar-refractivity contribution in [1.29, 1.82) is 0 Å². The molecule has 1 rings (SSSR count). The number of nitrogens with zero attached hydrogens (tertiary/aromatic N) is 1. The van der Waals surface area contributed by atoms with Gasteiger partial charge >= 0.3 is 0 Å². The van der Waals surface area contributed by atoms with Gasteiger partial charge in [0.25, 0.3) is 0 Å². The van der Waals surface area contributed by atoms with E-state index < -0.39 is 0 Å². The van der Waals surface area contributed by atoms with Gasteiger partial charge in [0, 0.05) is 13.7 Å². The summed E-state index contributed by atoms with van der Waals surface area (Å²) in [5.74, 6) is 0.969. The maximum absolute atomic E-state index is 5.34. The fourth-order valence-corrected chi connectivity index (χ4v) is 1.70. The standard InChI is InChI=1S/C13H21NO2/c1-11-5-6-13(16-4)12(9-11)7-8-14(2)10-15-3/h5-6,9H,7-8,10H2,1-4H3. The second-order valence-corrected chi connectivity index (χ2v) is 4.06. The second kappa shape index (κ2) is 6.51. The van der Waals surface area contributed by atoms with Crippen molar-refractivity contribution in [2.24, 2.45) is 0 Å². The fraction of sp³-hybridized carbons (Fsp3) is 0.538. The number of aryl methyl sites for hydroxylation is 1. The van der Waals surface area contributed by atoms with Gasteiger partial charge in [0.15, 0.2) is 0 Å². The van der Waals surface area contributed by atoms with Crippen molar-refractivity contribution in [3.63, 3.8) is 0 Å². The molecule has 0 bridgehead atoms. The van der Waals surface area contributed by atoms with Crippen LogP contribution in [-0.2, 0) is 11.2 Å². The zero-order valence-corrected chi connectivity index (χ0v) is 10.6. The van der Waals surface area contributed by atoms with E-state index in [0.29, 0.717) is 6.73 Å². The maximum atomic E-state index is 5.34. The van der Waals surface area contributed by atoms with Crippen molar-refractivity contribution in [2.75, 3.05) is 34.5 Å². The summed E-state index contributed by atoms with van der Waals surface area (Å²) in [6.45, 7) is 3.73. The molecule has 0 atom stereocenters. The largest absolute Gasteiger partial charge is 0.496 e. The van der Waals surface area contributed by atoms with Gasteiger partial charge in [-0.15, -0.1) is 0 Å². The summed E-state index contributed by atoms with van der Waals surface area (Å²) in [7, 11) is 5.47. The van der Waals surface area contributed by atoms with E-state index >= 15 is 0 Å². The second-order valence-electron chi connectivity index (χ2n) is 4.06. The van der Waals surface area contributed by atoms with Crippen LogP contribution in [-0.4, -0.2) is 39.4 Å². The number of methoxy groups -OCH3 is 2. The predicted molar refractivity (Wildman–Crippen MR) is 65.9 cm³/mol. The molecule has 16 heavy (non-hydrogen) atoms. The molecule has 0 aliphatic rings. The van der Waals surface area contributed by atoms with Gasteiger partial charge in [0.05, 0.1) is 13.8 Å². The molecule has 1 aromatic carbocycles. The van der Waals surface area contributed by atoms with Crippen molar-refractivity contribution >= 4 is 0 Å². The van der Waals surface area contributed by atoms with Crippen LogP contribution in [0.2, 0.25) is 0 Å². The van der Waals surface area contributed by atoms with Gasteiger partial charge < -0.3 is 9.47 Å². The Morgan fingerprint density at radius 2 is 2.00 bits per heavy atom. The lowest BCUT2D eigenvalue weighted by atomic mass is 10.1. The Labute approximate surface area is 98.0 Å². The van der Waals surface area contributed by atoms with Crippen molar-refractivity contribution in [3.05, 3.63) is 29.3 Å². The molecular formula is C13H21NO2. The van der Waals surface area contributed by atoms with E-state index in [4.69, 9.17) is 9.47 Å². The molecule has 0 saturated carbocycles. The third kappa shape index (κ3) is 3.83. The molecular weight excluding hydrogens is 202 g/mol. The molecule has 1 aromatic rings. The van der Waals surface area contributed by atoms with Crippen LogP contribution in [0.1, 0.15) is 11.1 Å². The quantitative estimate of drug-likeness (QED) is 0.689. The molecule has 0 fully saturated rings. The third-order valence-electron chi connectivity index (χ3n) is 2.55. The van der Waals surface area contributed by atoms with Crippen LogP contribution in [0.3, 0.4) is 0 Å². The van der Waals surface area contributed by atoms with Gasteiger partial charge in [-0.05, 0) is 32.0 Å². The van der Waals surface area contributed by atoms with Gasteiger partial charge in [-0.1, -0.05) is 17.7 Å². The van der Waals surface area contributed by atoms with E-state index in [0.717, 1.165) is 18.7 Å². The first-order valence-corrected chi connectivity index (χ1v) is 5.48. The van der Waals surface area contributed by atoms with Crippen molar-refractivity contribution in [2.45, 2.75) is 13.3 Å². The zero-order chi connectivity index (χ0) is 12.0. The molecule has 0 aliphatic heterocycles.